The van der Waals surface area contributed by atoms with E-state index in [-0.39, 0.29) is 18.8 Å². The van der Waals surface area contributed by atoms with Crippen molar-refractivity contribution in [2.24, 2.45) is 0 Å². The fourth-order valence-corrected chi connectivity index (χ4v) is 3.18. The minimum Gasteiger partial charge on any atom is -0.444 e. The summed E-state index contributed by atoms with van der Waals surface area (Å²) in [5.74, 6) is -0.897. The van der Waals surface area contributed by atoms with E-state index in [1.54, 1.807) is 27.8 Å². The molecule has 0 N–H and O–H groups in total. The van der Waals surface area contributed by atoms with Gasteiger partial charge in [-0.15, -0.1) is 0 Å². The molecule has 0 aromatic rings. The molecule has 8 heteroatoms. The van der Waals surface area contributed by atoms with Gasteiger partial charge in [-0.3, -0.25) is 4.79 Å². The molecule has 0 rings (SSSR count). The normalized spacial score (nSPS) is 11.9. The van der Waals surface area contributed by atoms with E-state index in [0.29, 0.717) is 6.42 Å². The van der Waals surface area contributed by atoms with Crippen LogP contribution in [0.15, 0.2) is 0 Å². The molecule has 0 saturated carbocycles. The molecule has 0 radical (unpaired) electrons. The molecule has 0 aliphatic heterocycles. The Hall–Kier alpha value is -1.31. The van der Waals surface area contributed by atoms with Gasteiger partial charge in [0.2, 0.25) is 5.91 Å². The lowest BCUT2D eigenvalue weighted by Gasteiger charge is -2.26. The zero-order valence-electron chi connectivity index (χ0n) is 15.8. The highest BCUT2D eigenvalue weighted by atomic mass is 32.2. The van der Waals surface area contributed by atoms with Crippen LogP contribution in [-0.4, -0.2) is 74.5 Å². The first-order valence-electron chi connectivity index (χ1n) is 8.26. The van der Waals surface area contributed by atoms with Crippen molar-refractivity contribution in [1.82, 2.24) is 9.80 Å². The topological polar surface area (TPSA) is 84.0 Å². The summed E-state index contributed by atoms with van der Waals surface area (Å²) in [4.78, 5) is 26.5. The average molecular weight is 365 g/mol. The van der Waals surface area contributed by atoms with E-state index >= 15 is 0 Å². The van der Waals surface area contributed by atoms with Crippen LogP contribution in [0.25, 0.3) is 0 Å². The fourth-order valence-electron chi connectivity index (χ4n) is 1.80. The van der Waals surface area contributed by atoms with Crippen LogP contribution < -0.4 is 0 Å². The van der Waals surface area contributed by atoms with Crippen molar-refractivity contribution < 1.29 is 22.7 Å². The van der Waals surface area contributed by atoms with Gasteiger partial charge in [0.1, 0.15) is 11.4 Å². The molecular formula is C16H32N2O5S. The Balaban J connectivity index is 4.34. The smallest absolute Gasteiger partial charge is 0.410 e. The number of carbonyl (C=O) groups is 2. The van der Waals surface area contributed by atoms with E-state index in [0.717, 1.165) is 12.8 Å². The van der Waals surface area contributed by atoms with Crippen molar-refractivity contribution in [3.05, 3.63) is 0 Å². The maximum Gasteiger partial charge on any atom is 0.410 e. The zero-order chi connectivity index (χ0) is 19.0. The summed E-state index contributed by atoms with van der Waals surface area (Å²) < 4.78 is 29.0. The monoisotopic (exact) mass is 364 g/mol. The number of rotatable bonds is 9. The Kier molecular flexibility index (Phi) is 9.32. The number of unbranched alkanes of at least 4 members (excludes halogenated alkanes) is 2. The molecule has 0 aliphatic rings. The quantitative estimate of drug-likeness (QED) is 0.584. The molecule has 24 heavy (non-hydrogen) atoms. The van der Waals surface area contributed by atoms with Gasteiger partial charge in [0.15, 0.2) is 9.84 Å². The van der Waals surface area contributed by atoms with Crippen LogP contribution in [0.1, 0.15) is 47.0 Å². The lowest BCUT2D eigenvalue weighted by Crippen LogP contribution is -2.41. The van der Waals surface area contributed by atoms with Crippen molar-refractivity contribution in [2.75, 3.05) is 38.7 Å². The maximum atomic E-state index is 12.0. The number of ether oxygens (including phenoxy) is 1. The first-order valence-corrected chi connectivity index (χ1v) is 10.1. The third-order valence-electron chi connectivity index (χ3n) is 3.30. The molecule has 0 fully saturated rings. The number of sulfone groups is 1. The summed E-state index contributed by atoms with van der Waals surface area (Å²) >= 11 is 0. The Bertz CT molecular complexity index is 511. The average Bonchev–Trinajstić information content (AvgIpc) is 2.41. The van der Waals surface area contributed by atoms with E-state index in [9.17, 15) is 18.0 Å². The Morgan fingerprint density at radius 3 is 2.04 bits per heavy atom. The van der Waals surface area contributed by atoms with Crippen LogP contribution in [0.2, 0.25) is 0 Å². The molecule has 0 unspecified atom stereocenters. The largest absolute Gasteiger partial charge is 0.444 e. The summed E-state index contributed by atoms with van der Waals surface area (Å²) in [6.07, 6.45) is 1.87. The van der Waals surface area contributed by atoms with Crippen molar-refractivity contribution in [3.8, 4) is 0 Å². The lowest BCUT2D eigenvalue weighted by atomic mass is 10.2. The fraction of sp³-hybridized carbons (Fsp3) is 0.875. The van der Waals surface area contributed by atoms with Crippen molar-refractivity contribution in [2.45, 2.75) is 52.6 Å². The van der Waals surface area contributed by atoms with Crippen LogP contribution in [0, 0.1) is 0 Å². The van der Waals surface area contributed by atoms with Gasteiger partial charge in [0.25, 0.3) is 0 Å². The minimum atomic E-state index is -3.37. The first kappa shape index (κ1) is 22.7. The van der Waals surface area contributed by atoms with Crippen LogP contribution in [0.3, 0.4) is 0 Å². The van der Waals surface area contributed by atoms with E-state index in [2.05, 4.69) is 0 Å². The molecule has 0 atom stereocenters. The first-order chi connectivity index (χ1) is 10.9. The van der Waals surface area contributed by atoms with Crippen molar-refractivity contribution >= 4 is 21.8 Å². The van der Waals surface area contributed by atoms with Gasteiger partial charge in [-0.2, -0.15) is 0 Å². The molecule has 0 bridgehead atoms. The molecule has 0 aliphatic carbocycles. The molecule has 0 spiro atoms. The molecule has 0 aromatic heterocycles. The maximum absolute atomic E-state index is 12.0. The third-order valence-corrected chi connectivity index (χ3v) is 4.90. The van der Waals surface area contributed by atoms with Gasteiger partial charge < -0.3 is 14.5 Å². The van der Waals surface area contributed by atoms with Crippen molar-refractivity contribution in [3.63, 3.8) is 0 Å². The number of nitrogens with zero attached hydrogens (tertiary/aromatic N) is 2. The van der Waals surface area contributed by atoms with Crippen LogP contribution in [0.5, 0.6) is 0 Å². The van der Waals surface area contributed by atoms with Gasteiger partial charge in [0, 0.05) is 27.2 Å². The van der Waals surface area contributed by atoms with Gasteiger partial charge in [-0.1, -0.05) is 19.8 Å². The molecule has 2 amide bonds. The highest BCUT2D eigenvalue weighted by molar-refractivity contribution is 7.92. The van der Waals surface area contributed by atoms with E-state index in [1.807, 2.05) is 6.92 Å². The summed E-state index contributed by atoms with van der Waals surface area (Å²) in [5.41, 5.74) is -0.584. The second-order valence-corrected chi connectivity index (χ2v) is 9.20. The lowest BCUT2D eigenvalue weighted by molar-refractivity contribution is -0.127. The highest BCUT2D eigenvalue weighted by Crippen LogP contribution is 2.09. The molecule has 0 saturated heterocycles. The second kappa shape index (κ2) is 9.86. The number of likely N-dealkylation sites (N-methyl/N-ethyl adjacent to an activating group) is 2. The van der Waals surface area contributed by atoms with Gasteiger partial charge in [0.05, 0.1) is 5.75 Å². The molecule has 0 aromatic carbocycles. The number of amides is 2. The van der Waals surface area contributed by atoms with Crippen LogP contribution >= 0.6 is 0 Å². The Labute approximate surface area is 146 Å². The summed E-state index contributed by atoms with van der Waals surface area (Å²) in [5, 5.41) is 0. The van der Waals surface area contributed by atoms with Crippen LogP contribution in [0.4, 0.5) is 4.79 Å². The Morgan fingerprint density at radius 2 is 1.54 bits per heavy atom. The summed E-state index contributed by atoms with van der Waals surface area (Å²) in [6.45, 7) is 7.84. The highest BCUT2D eigenvalue weighted by Gasteiger charge is 2.22. The van der Waals surface area contributed by atoms with Crippen molar-refractivity contribution in [1.29, 1.82) is 0 Å². The molecule has 0 heterocycles. The number of carbonyl (C=O) groups excluding carboxylic acids is 2. The van der Waals surface area contributed by atoms with Gasteiger partial charge in [-0.25, -0.2) is 13.2 Å². The SMILES string of the molecule is CCCCCS(=O)(=O)CC(=O)N(C)CCN(C)C(=O)OC(C)(C)C. The third kappa shape index (κ3) is 10.5. The van der Waals surface area contributed by atoms with Gasteiger partial charge >= 0.3 is 6.09 Å². The predicted octanol–water partition coefficient (Wildman–Crippen LogP) is 1.92. The van der Waals surface area contributed by atoms with E-state index in [1.165, 1.54) is 16.8 Å². The summed E-state index contributed by atoms with van der Waals surface area (Å²) in [6, 6.07) is 0. The standard InChI is InChI=1S/C16H32N2O5S/c1-7-8-9-12-24(21,22)13-14(19)17(5)10-11-18(6)15(20)23-16(2,3)4/h7-13H2,1-6H3. The minimum absolute atomic E-state index is 0.0399. The molecular weight excluding hydrogens is 332 g/mol. The second-order valence-electron chi connectivity index (χ2n) is 7.02. The van der Waals surface area contributed by atoms with E-state index in [4.69, 9.17) is 4.74 Å². The number of hydrogen-bond acceptors (Lipinski definition) is 5. The zero-order valence-corrected chi connectivity index (χ0v) is 16.6. The number of hydrogen-bond donors (Lipinski definition) is 0. The van der Waals surface area contributed by atoms with Gasteiger partial charge in [-0.05, 0) is 27.2 Å². The summed E-state index contributed by atoms with van der Waals surface area (Å²) in [7, 11) is -0.262. The predicted molar refractivity (Wildman–Crippen MR) is 94.7 cm³/mol. The molecule has 142 valence electrons. The van der Waals surface area contributed by atoms with Crippen LogP contribution in [-0.2, 0) is 19.4 Å². The van der Waals surface area contributed by atoms with E-state index < -0.39 is 33.2 Å². The molecule has 7 nitrogen and oxygen atoms in total. The Morgan fingerprint density at radius 1 is 1.00 bits per heavy atom.